The first-order valence-electron chi connectivity index (χ1n) is 11.2. The Morgan fingerprint density at radius 3 is 2.34 bits per heavy atom. The Morgan fingerprint density at radius 2 is 1.71 bits per heavy atom. The summed E-state index contributed by atoms with van der Waals surface area (Å²) in [4.78, 5) is 3.99. The van der Waals surface area contributed by atoms with Crippen molar-refractivity contribution in [1.29, 1.82) is 0 Å². The molecule has 8 nitrogen and oxygen atoms in total. The van der Waals surface area contributed by atoms with Crippen molar-refractivity contribution in [3.05, 3.63) is 81.6 Å². The fraction of sp³-hybridized carbons (Fsp3) is 0.208. The van der Waals surface area contributed by atoms with Crippen molar-refractivity contribution >= 4 is 34.8 Å². The summed E-state index contributed by atoms with van der Waals surface area (Å²) >= 11 is 18.8. The molecule has 0 unspecified atom stereocenters. The molecule has 6 rings (SSSR count). The van der Waals surface area contributed by atoms with Gasteiger partial charge < -0.3 is 4.42 Å². The summed E-state index contributed by atoms with van der Waals surface area (Å²) in [5.41, 5.74) is 0.312. The lowest BCUT2D eigenvalue weighted by Gasteiger charge is -2.14. The van der Waals surface area contributed by atoms with E-state index in [2.05, 4.69) is 20.3 Å². The van der Waals surface area contributed by atoms with Crippen molar-refractivity contribution in [1.82, 2.24) is 34.7 Å². The normalized spacial score (nSPS) is 14.7. The maximum absolute atomic E-state index is 13.7. The Balaban J connectivity index is 1.59. The van der Waals surface area contributed by atoms with Crippen LogP contribution in [0, 0.1) is 0 Å². The van der Waals surface area contributed by atoms with Crippen LogP contribution in [0.2, 0.25) is 15.1 Å². The molecule has 14 heteroatoms. The monoisotopic (exact) mass is 579 g/mol. The highest BCUT2D eigenvalue weighted by molar-refractivity contribution is 6.35. The van der Waals surface area contributed by atoms with Crippen LogP contribution in [0.3, 0.4) is 0 Å². The Morgan fingerprint density at radius 1 is 0.974 bits per heavy atom. The summed E-state index contributed by atoms with van der Waals surface area (Å²) < 4.78 is 50.0. The topological polar surface area (TPSA) is 87.5 Å². The van der Waals surface area contributed by atoms with Crippen LogP contribution in [0.5, 0.6) is 0 Å². The van der Waals surface area contributed by atoms with E-state index >= 15 is 0 Å². The quantitative estimate of drug-likeness (QED) is 0.220. The maximum atomic E-state index is 13.7. The lowest BCUT2D eigenvalue weighted by atomic mass is 10.0. The highest BCUT2D eigenvalue weighted by Crippen LogP contribution is 2.58. The summed E-state index contributed by atoms with van der Waals surface area (Å²) in [6, 6.07) is 11.9. The summed E-state index contributed by atoms with van der Waals surface area (Å²) in [6.45, 7) is 0.140. The van der Waals surface area contributed by atoms with Gasteiger partial charge in [-0.1, -0.05) is 46.9 Å². The van der Waals surface area contributed by atoms with Crippen LogP contribution in [-0.2, 0) is 12.0 Å². The Kier molecular flexibility index (Phi) is 5.97. The average Bonchev–Trinajstić information content (AvgIpc) is 3.19. The van der Waals surface area contributed by atoms with E-state index in [4.69, 9.17) is 44.3 Å². The minimum atomic E-state index is -4.51. The van der Waals surface area contributed by atoms with Crippen molar-refractivity contribution in [3.63, 3.8) is 0 Å². The Hall–Kier alpha value is -3.41. The summed E-state index contributed by atoms with van der Waals surface area (Å²) in [5, 5.41) is 17.9. The van der Waals surface area contributed by atoms with Gasteiger partial charge in [0.15, 0.2) is 5.69 Å². The molecule has 0 N–H and O–H groups in total. The predicted octanol–water partition coefficient (Wildman–Crippen LogP) is 6.78. The van der Waals surface area contributed by atoms with Crippen molar-refractivity contribution in [3.8, 4) is 28.5 Å². The number of halogens is 6. The van der Waals surface area contributed by atoms with Gasteiger partial charge in [-0.05, 0) is 43.2 Å². The number of rotatable bonds is 6. The molecule has 38 heavy (non-hydrogen) atoms. The Bertz CT molecular complexity index is 1630. The first-order valence-corrected chi connectivity index (χ1v) is 12.4. The molecule has 1 aliphatic carbocycles. The number of nitrogens with zero attached hydrogens (tertiary/aromatic N) is 7. The predicted molar refractivity (Wildman–Crippen MR) is 133 cm³/mol. The van der Waals surface area contributed by atoms with Gasteiger partial charge in [0.2, 0.25) is 5.89 Å². The van der Waals surface area contributed by atoms with Crippen molar-refractivity contribution in [2.45, 2.75) is 31.0 Å². The smallest absolute Gasteiger partial charge is 0.403 e. The molecule has 0 saturated heterocycles. The van der Waals surface area contributed by atoms with Gasteiger partial charge in [0, 0.05) is 21.2 Å². The van der Waals surface area contributed by atoms with Crippen LogP contribution in [0.25, 0.3) is 28.5 Å². The molecule has 0 radical (unpaired) electrons. The fourth-order valence-corrected chi connectivity index (χ4v) is 4.85. The van der Waals surface area contributed by atoms with Gasteiger partial charge in [-0.2, -0.15) is 23.4 Å². The third-order valence-electron chi connectivity index (χ3n) is 6.36. The molecule has 2 aromatic carbocycles. The number of hydrogen-bond donors (Lipinski definition) is 0. The van der Waals surface area contributed by atoms with E-state index < -0.39 is 17.5 Å². The van der Waals surface area contributed by atoms with E-state index in [-0.39, 0.29) is 31.0 Å². The molecule has 194 valence electrons. The van der Waals surface area contributed by atoms with Gasteiger partial charge in [-0.25, -0.2) is 14.3 Å². The molecule has 1 saturated carbocycles. The molecule has 0 atom stereocenters. The van der Waals surface area contributed by atoms with Crippen LogP contribution in [0.1, 0.15) is 24.3 Å². The second-order valence-electron chi connectivity index (χ2n) is 8.78. The van der Waals surface area contributed by atoms with Gasteiger partial charge >= 0.3 is 6.18 Å². The highest BCUT2D eigenvalue weighted by Gasteiger charge is 2.68. The van der Waals surface area contributed by atoms with E-state index in [9.17, 15) is 13.2 Å². The Labute approximate surface area is 228 Å². The molecule has 0 spiro atoms. The van der Waals surface area contributed by atoms with Crippen LogP contribution < -0.4 is 0 Å². The number of aromatic nitrogens is 7. The van der Waals surface area contributed by atoms with Crippen molar-refractivity contribution < 1.29 is 17.6 Å². The summed E-state index contributed by atoms with van der Waals surface area (Å²) in [7, 11) is 0. The zero-order valence-corrected chi connectivity index (χ0v) is 21.4. The second-order valence-corrected chi connectivity index (χ2v) is 10.1. The maximum Gasteiger partial charge on any atom is 0.403 e. The lowest BCUT2D eigenvalue weighted by molar-refractivity contribution is -0.165. The van der Waals surface area contributed by atoms with Gasteiger partial charge in [-0.15, -0.1) is 10.2 Å². The highest BCUT2D eigenvalue weighted by atomic mass is 35.5. The summed E-state index contributed by atoms with van der Waals surface area (Å²) in [6.07, 6.45) is -1.87. The van der Waals surface area contributed by atoms with Crippen molar-refractivity contribution in [2.24, 2.45) is 0 Å². The average molecular weight is 581 g/mol. The van der Waals surface area contributed by atoms with E-state index in [0.717, 1.165) is 0 Å². The number of hydrogen-bond acceptors (Lipinski definition) is 6. The van der Waals surface area contributed by atoms with Crippen LogP contribution in [-0.4, -0.2) is 40.9 Å². The molecule has 3 heterocycles. The molecule has 3 aromatic heterocycles. The van der Waals surface area contributed by atoms with E-state index in [1.165, 1.54) is 12.7 Å². The minimum absolute atomic E-state index is 0.116. The van der Waals surface area contributed by atoms with E-state index in [0.29, 0.717) is 37.6 Å². The summed E-state index contributed by atoms with van der Waals surface area (Å²) in [5.74, 6) is -0.650. The van der Waals surface area contributed by atoms with Crippen LogP contribution in [0.15, 0.2) is 59.5 Å². The first kappa shape index (κ1) is 24.9. The van der Waals surface area contributed by atoms with Gasteiger partial charge in [0.1, 0.15) is 18.1 Å². The lowest BCUT2D eigenvalue weighted by Crippen LogP contribution is -2.28. The SMILES string of the molecule is FC(F)(F)C1(c2nnc(-c3nn(-c4ccc(Cl)cc4Cl)c(-c4ccc(Cl)cc4)c3Cn3cncn3)o2)CC1. The molecule has 0 amide bonds. The first-order chi connectivity index (χ1) is 18.2. The molecule has 0 aliphatic heterocycles. The van der Waals surface area contributed by atoms with Gasteiger partial charge in [0.05, 0.1) is 22.9 Å². The fourth-order valence-electron chi connectivity index (χ4n) is 4.24. The largest absolute Gasteiger partial charge is 0.418 e. The molecule has 1 aliphatic rings. The van der Waals surface area contributed by atoms with E-state index in [1.807, 2.05) is 0 Å². The van der Waals surface area contributed by atoms with E-state index in [1.54, 1.807) is 51.8 Å². The minimum Gasteiger partial charge on any atom is -0.418 e. The van der Waals surface area contributed by atoms with Gasteiger partial charge in [0.25, 0.3) is 5.89 Å². The number of alkyl halides is 3. The molecule has 0 bridgehead atoms. The second kappa shape index (κ2) is 9.11. The molecular weight excluding hydrogens is 566 g/mol. The van der Waals surface area contributed by atoms with Crippen LogP contribution >= 0.6 is 34.8 Å². The number of benzene rings is 2. The zero-order valence-electron chi connectivity index (χ0n) is 19.1. The molecule has 1 fully saturated rings. The van der Waals surface area contributed by atoms with Gasteiger partial charge in [-0.3, -0.25) is 0 Å². The van der Waals surface area contributed by atoms with Crippen molar-refractivity contribution in [2.75, 3.05) is 0 Å². The zero-order chi connectivity index (χ0) is 26.7. The third kappa shape index (κ3) is 4.24. The third-order valence-corrected chi connectivity index (χ3v) is 7.15. The standard InChI is InChI=1S/C24H15Cl3F3N7O/c25-14-3-1-13(2-4-14)20-16(10-36-12-31-11-32-36)19(35-37(20)18-6-5-15(26)9-17(18)27)21-33-34-22(38-21)23(7-8-23)24(28,29)30/h1-6,9,11-12H,7-8,10H2. The van der Waals surface area contributed by atoms with Crippen LogP contribution in [0.4, 0.5) is 13.2 Å². The molecule has 5 aromatic rings. The molecular formula is C24H15Cl3F3N7O.